The number of carbonyl (C=O) groups excluding carboxylic acids is 2. The van der Waals surface area contributed by atoms with Crippen LogP contribution in [0.15, 0.2) is 54.6 Å². The molecular formula is C27H34N2O5. The molecule has 1 heterocycles. The van der Waals surface area contributed by atoms with E-state index >= 15 is 0 Å². The van der Waals surface area contributed by atoms with Crippen LogP contribution in [0, 0.1) is 5.92 Å². The van der Waals surface area contributed by atoms with Crippen molar-refractivity contribution in [3.05, 3.63) is 71.3 Å². The molecule has 2 aromatic carbocycles. The third kappa shape index (κ3) is 6.37. The summed E-state index contributed by atoms with van der Waals surface area (Å²) in [6.07, 6.45) is 2.48. The highest BCUT2D eigenvalue weighted by Crippen LogP contribution is 2.25. The van der Waals surface area contributed by atoms with Crippen molar-refractivity contribution in [2.24, 2.45) is 5.92 Å². The molecule has 7 nitrogen and oxygen atoms in total. The molecule has 1 aliphatic rings. The summed E-state index contributed by atoms with van der Waals surface area (Å²) in [5, 5.41) is 9.82. The highest BCUT2D eigenvalue weighted by molar-refractivity contribution is 5.84. The van der Waals surface area contributed by atoms with E-state index in [1.54, 1.807) is 11.8 Å². The number of carbonyl (C=O) groups is 3. The molecule has 2 amide bonds. The molecule has 0 aliphatic carbocycles. The Morgan fingerprint density at radius 1 is 1.06 bits per heavy atom. The lowest BCUT2D eigenvalue weighted by Crippen LogP contribution is -2.54. The molecular weight excluding hydrogens is 432 g/mol. The van der Waals surface area contributed by atoms with Gasteiger partial charge in [0.2, 0.25) is 0 Å². The average molecular weight is 467 g/mol. The minimum Gasteiger partial charge on any atom is -0.480 e. The Labute approximate surface area is 201 Å². The van der Waals surface area contributed by atoms with E-state index in [4.69, 9.17) is 4.74 Å². The predicted molar refractivity (Wildman–Crippen MR) is 129 cm³/mol. The van der Waals surface area contributed by atoms with Gasteiger partial charge >= 0.3 is 18.0 Å². The molecule has 0 aromatic heterocycles. The second kappa shape index (κ2) is 12.2. The van der Waals surface area contributed by atoms with E-state index in [0.29, 0.717) is 13.0 Å². The van der Waals surface area contributed by atoms with Crippen LogP contribution in [0.25, 0.3) is 0 Å². The number of ether oxygens (including phenoxy) is 1. The minimum absolute atomic E-state index is 0.202. The molecule has 0 fully saturated rings. The summed E-state index contributed by atoms with van der Waals surface area (Å²) >= 11 is 0. The fraction of sp³-hybridized carbons (Fsp3) is 0.444. The van der Waals surface area contributed by atoms with Crippen molar-refractivity contribution < 1.29 is 24.2 Å². The molecule has 2 aromatic rings. The fourth-order valence-corrected chi connectivity index (χ4v) is 4.48. The first-order valence-corrected chi connectivity index (χ1v) is 12.0. The molecule has 0 saturated carbocycles. The monoisotopic (exact) mass is 466 g/mol. The van der Waals surface area contributed by atoms with Crippen LogP contribution in [-0.2, 0) is 33.7 Å². The second-order valence-corrected chi connectivity index (χ2v) is 8.60. The lowest BCUT2D eigenvalue weighted by atomic mass is 9.94. The van der Waals surface area contributed by atoms with Crippen LogP contribution in [0.2, 0.25) is 0 Å². The van der Waals surface area contributed by atoms with Crippen LogP contribution in [-0.4, -0.2) is 58.6 Å². The molecule has 2 unspecified atom stereocenters. The van der Waals surface area contributed by atoms with E-state index in [0.717, 1.165) is 24.0 Å². The van der Waals surface area contributed by atoms with Crippen molar-refractivity contribution in [1.82, 2.24) is 9.80 Å². The molecule has 0 saturated heterocycles. The van der Waals surface area contributed by atoms with Crippen LogP contribution in [0.1, 0.15) is 43.4 Å². The minimum atomic E-state index is -1.02. The first-order valence-electron chi connectivity index (χ1n) is 12.0. The number of aryl methyl sites for hydroxylation is 1. The van der Waals surface area contributed by atoms with Crippen LogP contribution in [0.5, 0.6) is 0 Å². The van der Waals surface area contributed by atoms with Gasteiger partial charge in [-0.15, -0.1) is 0 Å². The Bertz CT molecular complexity index is 978. The van der Waals surface area contributed by atoms with Crippen molar-refractivity contribution >= 4 is 18.0 Å². The highest BCUT2D eigenvalue weighted by Gasteiger charge is 2.37. The third-order valence-corrected chi connectivity index (χ3v) is 6.35. The smallest absolute Gasteiger partial charge is 0.326 e. The largest absolute Gasteiger partial charge is 0.480 e. The van der Waals surface area contributed by atoms with Gasteiger partial charge in [0.1, 0.15) is 6.04 Å². The zero-order valence-corrected chi connectivity index (χ0v) is 20.0. The normalized spacial score (nSPS) is 15.8. The number of esters is 1. The fourth-order valence-electron chi connectivity index (χ4n) is 4.48. The van der Waals surface area contributed by atoms with Gasteiger partial charge in [0.15, 0.2) is 0 Å². The number of rotatable bonds is 10. The van der Waals surface area contributed by atoms with Crippen molar-refractivity contribution in [2.45, 2.75) is 52.1 Å². The van der Waals surface area contributed by atoms with Crippen molar-refractivity contribution in [3.63, 3.8) is 0 Å². The number of carboxylic acid groups (broad SMARTS) is 1. The van der Waals surface area contributed by atoms with E-state index < -0.39 is 17.9 Å². The maximum atomic E-state index is 13.5. The van der Waals surface area contributed by atoms with Crippen LogP contribution in [0.4, 0.5) is 4.79 Å². The molecule has 0 spiro atoms. The molecule has 182 valence electrons. The maximum absolute atomic E-state index is 13.5. The van der Waals surface area contributed by atoms with Gasteiger partial charge in [0.25, 0.3) is 0 Å². The first-order chi connectivity index (χ1) is 16.4. The summed E-state index contributed by atoms with van der Waals surface area (Å²) in [5.74, 6) is -1.81. The zero-order valence-electron chi connectivity index (χ0n) is 20.0. The van der Waals surface area contributed by atoms with Gasteiger partial charge in [-0.3, -0.25) is 4.79 Å². The van der Waals surface area contributed by atoms with Gasteiger partial charge in [0, 0.05) is 26.1 Å². The summed E-state index contributed by atoms with van der Waals surface area (Å²) < 4.78 is 5.30. The number of hydrogen-bond acceptors (Lipinski definition) is 4. The van der Waals surface area contributed by atoms with Crippen molar-refractivity contribution in [3.8, 4) is 0 Å². The standard InChI is InChI=1S/C27H34N2O5/c1-3-28(18-23(26(32)34-4-2)16-10-13-20-11-6-5-7-12-20)27(33)29-19-22-15-9-8-14-21(22)17-24(29)25(30)31/h5-9,11-12,14-15,23-24H,3-4,10,13,16-19H2,1-2H3,(H,30,31). The van der Waals surface area contributed by atoms with Crippen molar-refractivity contribution in [2.75, 3.05) is 19.7 Å². The number of hydrogen-bond donors (Lipinski definition) is 1. The van der Waals surface area contributed by atoms with Gasteiger partial charge in [-0.2, -0.15) is 0 Å². The molecule has 7 heteroatoms. The predicted octanol–water partition coefficient (Wildman–Crippen LogP) is 4.14. The molecule has 2 atom stereocenters. The molecule has 0 radical (unpaired) electrons. The van der Waals surface area contributed by atoms with Gasteiger partial charge in [0.05, 0.1) is 12.5 Å². The SMILES string of the molecule is CCOC(=O)C(CCCc1ccccc1)CN(CC)C(=O)N1Cc2ccccc2CC1C(=O)O. The topological polar surface area (TPSA) is 87.2 Å². The highest BCUT2D eigenvalue weighted by atomic mass is 16.5. The molecule has 0 bridgehead atoms. The van der Waals surface area contributed by atoms with Crippen LogP contribution in [0.3, 0.4) is 0 Å². The van der Waals surface area contributed by atoms with Crippen LogP contribution < -0.4 is 0 Å². The quantitative estimate of drug-likeness (QED) is 0.532. The van der Waals surface area contributed by atoms with E-state index in [1.807, 2.05) is 49.4 Å². The summed E-state index contributed by atoms with van der Waals surface area (Å²) in [7, 11) is 0. The molecule has 34 heavy (non-hydrogen) atoms. The Hall–Kier alpha value is -3.35. The number of fused-ring (bicyclic) bond motifs is 1. The van der Waals surface area contributed by atoms with Gasteiger partial charge in [-0.1, -0.05) is 54.6 Å². The Morgan fingerprint density at radius 3 is 2.38 bits per heavy atom. The number of benzene rings is 2. The Kier molecular flexibility index (Phi) is 9.08. The number of urea groups is 1. The van der Waals surface area contributed by atoms with E-state index in [9.17, 15) is 19.5 Å². The van der Waals surface area contributed by atoms with Gasteiger partial charge in [-0.05, 0) is 49.8 Å². The van der Waals surface area contributed by atoms with Crippen LogP contribution >= 0.6 is 0 Å². The zero-order chi connectivity index (χ0) is 24.5. The lowest BCUT2D eigenvalue weighted by Gasteiger charge is -2.38. The summed E-state index contributed by atoms with van der Waals surface area (Å²) in [6, 6.07) is 16.4. The van der Waals surface area contributed by atoms with Crippen molar-refractivity contribution in [1.29, 1.82) is 0 Å². The van der Waals surface area contributed by atoms with E-state index in [1.165, 1.54) is 10.5 Å². The maximum Gasteiger partial charge on any atom is 0.326 e. The summed E-state index contributed by atoms with van der Waals surface area (Å²) in [4.78, 5) is 41.2. The molecule has 3 rings (SSSR count). The molecule has 1 N–H and O–H groups in total. The molecule has 1 aliphatic heterocycles. The first kappa shape index (κ1) is 25.3. The summed E-state index contributed by atoms with van der Waals surface area (Å²) in [5.41, 5.74) is 3.10. The van der Waals surface area contributed by atoms with E-state index in [-0.39, 0.29) is 38.1 Å². The lowest BCUT2D eigenvalue weighted by molar-refractivity contribution is -0.149. The van der Waals surface area contributed by atoms with Gasteiger partial charge < -0.3 is 19.6 Å². The number of aliphatic carboxylic acids is 1. The number of amides is 2. The Morgan fingerprint density at radius 2 is 1.74 bits per heavy atom. The number of carboxylic acids is 1. The second-order valence-electron chi connectivity index (χ2n) is 8.60. The van der Waals surface area contributed by atoms with E-state index in [2.05, 4.69) is 12.1 Å². The third-order valence-electron chi connectivity index (χ3n) is 6.35. The number of nitrogens with zero attached hydrogens (tertiary/aromatic N) is 2. The summed E-state index contributed by atoms with van der Waals surface area (Å²) in [6.45, 7) is 4.70. The van der Waals surface area contributed by atoms with Gasteiger partial charge in [-0.25, -0.2) is 9.59 Å². The average Bonchev–Trinajstić information content (AvgIpc) is 2.85. The Balaban J connectivity index is 1.72.